The number of carbonyl (C=O) groups is 1. The molecule has 0 spiro atoms. The molecule has 4 heteroatoms. The molecule has 17 heavy (non-hydrogen) atoms. The molecule has 0 fully saturated rings. The van der Waals surface area contributed by atoms with Crippen molar-refractivity contribution >= 4 is 5.91 Å². The lowest BCUT2D eigenvalue weighted by molar-refractivity contribution is -0.134. The van der Waals surface area contributed by atoms with Crippen LogP contribution in [-0.2, 0) is 11.2 Å². The van der Waals surface area contributed by atoms with E-state index in [1.54, 1.807) is 37.9 Å². The van der Waals surface area contributed by atoms with E-state index in [2.05, 4.69) is 0 Å². The van der Waals surface area contributed by atoms with Gasteiger partial charge in [0.1, 0.15) is 5.82 Å². The second-order valence-corrected chi connectivity index (χ2v) is 4.82. The van der Waals surface area contributed by atoms with Crippen LogP contribution >= 0.6 is 0 Å². The number of amides is 1. The van der Waals surface area contributed by atoms with Crippen LogP contribution in [0.4, 0.5) is 4.39 Å². The lowest BCUT2D eigenvalue weighted by atomic mass is 10.1. The average molecular weight is 238 g/mol. The molecule has 0 aromatic heterocycles. The molecule has 1 aromatic carbocycles. The third kappa shape index (κ3) is 4.15. The van der Waals surface area contributed by atoms with Crippen LogP contribution in [0.15, 0.2) is 24.3 Å². The van der Waals surface area contributed by atoms with Crippen LogP contribution in [-0.4, -0.2) is 29.9 Å². The Bertz CT molecular complexity index is 381. The molecule has 94 valence electrons. The molecular formula is C13H19FN2O. The first-order valence-electron chi connectivity index (χ1n) is 5.59. The summed E-state index contributed by atoms with van der Waals surface area (Å²) in [7, 11) is 1.72. The SMILES string of the molecule is CN(CCc1ccc(F)cc1)C(=O)C(C)(C)N. The van der Waals surface area contributed by atoms with Gasteiger partial charge in [-0.05, 0) is 38.0 Å². The van der Waals surface area contributed by atoms with Gasteiger partial charge in [0.2, 0.25) is 5.91 Å². The Morgan fingerprint density at radius 1 is 1.35 bits per heavy atom. The highest BCUT2D eigenvalue weighted by molar-refractivity contribution is 5.84. The largest absolute Gasteiger partial charge is 0.344 e. The zero-order valence-electron chi connectivity index (χ0n) is 10.5. The lowest BCUT2D eigenvalue weighted by Crippen LogP contribution is -2.50. The molecular weight excluding hydrogens is 219 g/mol. The molecule has 2 N–H and O–H groups in total. The van der Waals surface area contributed by atoms with Gasteiger partial charge in [-0.1, -0.05) is 12.1 Å². The van der Waals surface area contributed by atoms with Crippen LogP contribution in [0, 0.1) is 5.82 Å². The summed E-state index contributed by atoms with van der Waals surface area (Å²) in [5, 5.41) is 0. The zero-order chi connectivity index (χ0) is 13.1. The summed E-state index contributed by atoms with van der Waals surface area (Å²) in [5.74, 6) is -0.346. The Morgan fingerprint density at radius 3 is 2.35 bits per heavy atom. The summed E-state index contributed by atoms with van der Waals surface area (Å²) < 4.78 is 12.7. The van der Waals surface area contributed by atoms with Gasteiger partial charge in [0.25, 0.3) is 0 Å². The summed E-state index contributed by atoms with van der Waals surface area (Å²) in [6.45, 7) is 3.94. The fourth-order valence-corrected chi connectivity index (χ4v) is 1.54. The second-order valence-electron chi connectivity index (χ2n) is 4.82. The molecule has 0 atom stereocenters. The molecule has 0 aliphatic heterocycles. The molecule has 0 unspecified atom stereocenters. The van der Waals surface area contributed by atoms with Crippen molar-refractivity contribution in [3.63, 3.8) is 0 Å². The van der Waals surface area contributed by atoms with Gasteiger partial charge < -0.3 is 10.6 Å². The molecule has 1 aromatic rings. The summed E-state index contributed by atoms with van der Waals surface area (Å²) in [5.41, 5.74) is 5.88. The Hall–Kier alpha value is -1.42. The van der Waals surface area contributed by atoms with Crippen LogP contribution in [0.2, 0.25) is 0 Å². The standard InChI is InChI=1S/C13H19FN2O/c1-13(2,15)12(17)16(3)9-8-10-4-6-11(14)7-5-10/h4-7H,8-9,15H2,1-3H3. The van der Waals surface area contributed by atoms with Crippen molar-refractivity contribution in [1.82, 2.24) is 4.90 Å². The van der Waals surface area contributed by atoms with Crippen LogP contribution in [0.3, 0.4) is 0 Å². The zero-order valence-corrected chi connectivity index (χ0v) is 10.5. The quantitative estimate of drug-likeness (QED) is 0.865. The minimum atomic E-state index is -0.850. The van der Waals surface area contributed by atoms with E-state index < -0.39 is 5.54 Å². The van der Waals surface area contributed by atoms with Gasteiger partial charge in [-0.15, -0.1) is 0 Å². The first kappa shape index (κ1) is 13.6. The summed E-state index contributed by atoms with van der Waals surface area (Å²) >= 11 is 0. The molecule has 0 aliphatic carbocycles. The van der Waals surface area contributed by atoms with Gasteiger partial charge in [-0.3, -0.25) is 4.79 Å². The first-order valence-corrected chi connectivity index (χ1v) is 5.59. The molecule has 0 saturated heterocycles. The number of hydrogen-bond acceptors (Lipinski definition) is 2. The number of halogens is 1. The lowest BCUT2D eigenvalue weighted by Gasteiger charge is -2.25. The molecule has 1 rings (SSSR count). The highest BCUT2D eigenvalue weighted by Crippen LogP contribution is 2.06. The van der Waals surface area contributed by atoms with E-state index in [4.69, 9.17) is 5.73 Å². The van der Waals surface area contributed by atoms with Gasteiger partial charge in [-0.2, -0.15) is 0 Å². The monoisotopic (exact) mass is 238 g/mol. The molecule has 0 radical (unpaired) electrons. The van der Waals surface area contributed by atoms with Crippen LogP contribution in [0.25, 0.3) is 0 Å². The van der Waals surface area contributed by atoms with Crippen molar-refractivity contribution < 1.29 is 9.18 Å². The number of likely N-dealkylation sites (N-methyl/N-ethyl adjacent to an activating group) is 1. The van der Waals surface area contributed by atoms with Gasteiger partial charge >= 0.3 is 0 Å². The highest BCUT2D eigenvalue weighted by atomic mass is 19.1. The van der Waals surface area contributed by atoms with E-state index in [1.165, 1.54) is 12.1 Å². The number of benzene rings is 1. The summed E-state index contributed by atoms with van der Waals surface area (Å²) in [6.07, 6.45) is 0.693. The van der Waals surface area contributed by atoms with Crippen molar-refractivity contribution in [2.24, 2.45) is 5.73 Å². The first-order chi connectivity index (χ1) is 7.80. The van der Waals surface area contributed by atoms with Gasteiger partial charge in [-0.25, -0.2) is 4.39 Å². The Balaban J connectivity index is 2.51. The van der Waals surface area contributed by atoms with Crippen molar-refractivity contribution in [3.05, 3.63) is 35.6 Å². The summed E-state index contributed by atoms with van der Waals surface area (Å²) in [4.78, 5) is 13.4. The third-order valence-electron chi connectivity index (χ3n) is 2.55. The second kappa shape index (κ2) is 5.27. The maximum Gasteiger partial charge on any atom is 0.241 e. The van der Waals surface area contributed by atoms with E-state index in [9.17, 15) is 9.18 Å². The summed E-state index contributed by atoms with van der Waals surface area (Å²) in [6, 6.07) is 6.29. The van der Waals surface area contributed by atoms with E-state index in [1.807, 2.05) is 0 Å². The van der Waals surface area contributed by atoms with Gasteiger partial charge in [0, 0.05) is 13.6 Å². The molecule has 0 saturated carbocycles. The van der Waals surface area contributed by atoms with Crippen molar-refractivity contribution in [2.75, 3.05) is 13.6 Å². The number of nitrogens with zero attached hydrogens (tertiary/aromatic N) is 1. The van der Waals surface area contributed by atoms with E-state index >= 15 is 0 Å². The number of rotatable bonds is 4. The average Bonchev–Trinajstić information content (AvgIpc) is 2.25. The van der Waals surface area contributed by atoms with Crippen LogP contribution in [0.1, 0.15) is 19.4 Å². The van der Waals surface area contributed by atoms with E-state index in [0.717, 1.165) is 5.56 Å². The molecule has 0 bridgehead atoms. The van der Waals surface area contributed by atoms with E-state index in [-0.39, 0.29) is 11.7 Å². The van der Waals surface area contributed by atoms with E-state index in [0.29, 0.717) is 13.0 Å². The minimum Gasteiger partial charge on any atom is -0.344 e. The normalized spacial score (nSPS) is 11.4. The minimum absolute atomic E-state index is 0.0976. The molecule has 0 aliphatic rings. The fourth-order valence-electron chi connectivity index (χ4n) is 1.54. The maximum absolute atomic E-state index is 12.7. The van der Waals surface area contributed by atoms with Crippen molar-refractivity contribution in [1.29, 1.82) is 0 Å². The third-order valence-corrected chi connectivity index (χ3v) is 2.55. The van der Waals surface area contributed by atoms with Crippen LogP contribution in [0.5, 0.6) is 0 Å². The number of nitrogens with two attached hydrogens (primary N) is 1. The molecule has 0 heterocycles. The number of carbonyl (C=O) groups excluding carboxylic acids is 1. The molecule has 3 nitrogen and oxygen atoms in total. The van der Waals surface area contributed by atoms with Crippen molar-refractivity contribution in [2.45, 2.75) is 25.8 Å². The smallest absolute Gasteiger partial charge is 0.241 e. The fraction of sp³-hybridized carbons (Fsp3) is 0.462. The Morgan fingerprint density at radius 2 is 1.88 bits per heavy atom. The van der Waals surface area contributed by atoms with Crippen molar-refractivity contribution in [3.8, 4) is 0 Å². The van der Waals surface area contributed by atoms with Gasteiger partial charge in [0.05, 0.1) is 5.54 Å². The molecule has 1 amide bonds. The Kier molecular flexibility index (Phi) is 4.23. The van der Waals surface area contributed by atoms with Crippen LogP contribution < -0.4 is 5.73 Å². The topological polar surface area (TPSA) is 46.3 Å². The van der Waals surface area contributed by atoms with Gasteiger partial charge in [0.15, 0.2) is 0 Å². The highest BCUT2D eigenvalue weighted by Gasteiger charge is 2.25. The predicted molar refractivity (Wildman–Crippen MR) is 66.0 cm³/mol. The maximum atomic E-state index is 12.7. The predicted octanol–water partition coefficient (Wildman–Crippen LogP) is 1.56. The number of hydrogen-bond donors (Lipinski definition) is 1. The Labute approximate surface area is 101 Å².